The lowest BCUT2D eigenvalue weighted by Crippen LogP contribution is -2.08. The topological polar surface area (TPSA) is 29.5 Å². The molecule has 0 aliphatic carbocycles. The average molecular weight is 257 g/mol. The molecule has 0 aliphatic rings. The molecule has 0 aliphatic heterocycles. The van der Waals surface area contributed by atoms with Crippen molar-refractivity contribution in [2.24, 2.45) is 0 Å². The Balaban J connectivity index is 2.21. The van der Waals surface area contributed by atoms with Crippen LogP contribution in [0.2, 0.25) is 4.34 Å². The average Bonchev–Trinajstić information content (AvgIpc) is 2.59. The van der Waals surface area contributed by atoms with E-state index in [9.17, 15) is 13.9 Å². The van der Waals surface area contributed by atoms with Crippen molar-refractivity contribution < 1.29 is 18.6 Å². The second kappa shape index (κ2) is 6.37. The van der Waals surface area contributed by atoms with E-state index in [1.165, 1.54) is 11.3 Å². The van der Waals surface area contributed by atoms with Gasteiger partial charge in [0.25, 0.3) is 6.43 Å². The smallest absolute Gasteiger partial charge is 0.261 e. The van der Waals surface area contributed by atoms with E-state index < -0.39 is 19.1 Å². The normalized spacial score (nSPS) is 13.4. The minimum atomic E-state index is -2.46. The molecule has 1 aromatic rings. The maximum atomic E-state index is 11.7. The van der Waals surface area contributed by atoms with E-state index in [2.05, 4.69) is 4.74 Å². The molecule has 1 N–H and O–H groups in total. The van der Waals surface area contributed by atoms with Gasteiger partial charge in [0.15, 0.2) is 0 Å². The van der Waals surface area contributed by atoms with Crippen LogP contribution in [-0.4, -0.2) is 24.7 Å². The highest BCUT2D eigenvalue weighted by Gasteiger charge is 2.10. The van der Waals surface area contributed by atoms with E-state index >= 15 is 0 Å². The van der Waals surface area contributed by atoms with Crippen molar-refractivity contribution in [2.45, 2.75) is 19.0 Å². The minimum absolute atomic E-state index is 0.112. The zero-order valence-electron chi connectivity index (χ0n) is 7.83. The van der Waals surface area contributed by atoms with Crippen LogP contribution in [0.5, 0.6) is 0 Å². The lowest BCUT2D eigenvalue weighted by molar-refractivity contribution is 0.00515. The van der Waals surface area contributed by atoms with Crippen molar-refractivity contribution in [1.82, 2.24) is 0 Å². The molecule has 1 atom stereocenters. The van der Waals surface area contributed by atoms with Crippen LogP contribution in [0.25, 0.3) is 0 Å². The zero-order chi connectivity index (χ0) is 11.3. The summed E-state index contributed by atoms with van der Waals surface area (Å²) in [6.07, 6.45) is -2.86. The van der Waals surface area contributed by atoms with Gasteiger partial charge in [0.2, 0.25) is 0 Å². The van der Waals surface area contributed by atoms with E-state index in [1.807, 2.05) is 0 Å². The zero-order valence-corrected chi connectivity index (χ0v) is 9.40. The number of ether oxygens (including phenoxy) is 1. The third-order valence-electron chi connectivity index (χ3n) is 1.70. The van der Waals surface area contributed by atoms with Gasteiger partial charge in [-0.15, -0.1) is 11.3 Å². The molecule has 0 bridgehead atoms. The highest BCUT2D eigenvalue weighted by molar-refractivity contribution is 7.16. The first-order valence-electron chi connectivity index (χ1n) is 4.39. The van der Waals surface area contributed by atoms with Crippen LogP contribution >= 0.6 is 22.9 Å². The summed E-state index contributed by atoms with van der Waals surface area (Å²) in [5, 5.41) is 9.58. The Morgan fingerprint density at radius 2 is 2.20 bits per heavy atom. The van der Waals surface area contributed by atoms with Gasteiger partial charge in [-0.3, -0.25) is 0 Å². The number of aliphatic hydroxyl groups is 1. The largest absolute Gasteiger partial charge is 0.387 e. The fourth-order valence-electron chi connectivity index (χ4n) is 1.02. The fraction of sp³-hybridized carbons (Fsp3) is 0.556. The summed E-state index contributed by atoms with van der Waals surface area (Å²) < 4.78 is 28.6. The third kappa shape index (κ3) is 4.88. The van der Waals surface area contributed by atoms with Gasteiger partial charge in [0.1, 0.15) is 6.61 Å². The summed E-state index contributed by atoms with van der Waals surface area (Å²) in [5.74, 6) is 0. The van der Waals surface area contributed by atoms with Crippen LogP contribution in [0.4, 0.5) is 8.78 Å². The highest BCUT2D eigenvalue weighted by atomic mass is 35.5. The number of halogens is 3. The second-order valence-corrected chi connectivity index (χ2v) is 4.66. The maximum Gasteiger partial charge on any atom is 0.261 e. The molecule has 1 rings (SSSR count). The number of hydrogen-bond donors (Lipinski definition) is 1. The summed E-state index contributed by atoms with van der Waals surface area (Å²) in [6, 6.07) is 3.40. The summed E-state index contributed by atoms with van der Waals surface area (Å²) in [6.45, 7) is -0.473. The maximum absolute atomic E-state index is 11.7. The molecule has 1 heterocycles. The summed E-state index contributed by atoms with van der Waals surface area (Å²) in [7, 11) is 0. The van der Waals surface area contributed by atoms with E-state index in [4.69, 9.17) is 11.6 Å². The van der Waals surface area contributed by atoms with Gasteiger partial charge < -0.3 is 9.84 Å². The van der Waals surface area contributed by atoms with Crippen LogP contribution in [-0.2, 0) is 4.74 Å². The molecule has 2 nitrogen and oxygen atoms in total. The molecular weight excluding hydrogens is 246 g/mol. The van der Waals surface area contributed by atoms with E-state index in [-0.39, 0.29) is 6.61 Å². The van der Waals surface area contributed by atoms with Crippen molar-refractivity contribution in [3.8, 4) is 0 Å². The monoisotopic (exact) mass is 256 g/mol. The summed E-state index contributed by atoms with van der Waals surface area (Å²) >= 11 is 6.96. The molecule has 6 heteroatoms. The van der Waals surface area contributed by atoms with Gasteiger partial charge in [-0.2, -0.15) is 0 Å². The summed E-state index contributed by atoms with van der Waals surface area (Å²) in [4.78, 5) is 0.723. The molecule has 0 aromatic carbocycles. The number of aliphatic hydroxyl groups excluding tert-OH is 1. The molecule has 0 fully saturated rings. The fourth-order valence-corrected chi connectivity index (χ4v) is 2.10. The SMILES string of the molecule is OC(CCOCC(F)F)c1ccc(Cl)s1. The molecule has 0 saturated heterocycles. The summed E-state index contributed by atoms with van der Waals surface area (Å²) in [5.41, 5.74) is 0. The lowest BCUT2D eigenvalue weighted by Gasteiger charge is -2.08. The van der Waals surface area contributed by atoms with Crippen molar-refractivity contribution in [2.75, 3.05) is 13.2 Å². The second-order valence-electron chi connectivity index (χ2n) is 2.91. The molecule has 15 heavy (non-hydrogen) atoms. The first kappa shape index (κ1) is 12.8. The Morgan fingerprint density at radius 3 is 2.73 bits per heavy atom. The van der Waals surface area contributed by atoms with Crippen molar-refractivity contribution in [3.05, 3.63) is 21.3 Å². The Kier molecular flexibility index (Phi) is 5.45. The Labute approximate surface area is 95.4 Å². The molecule has 0 radical (unpaired) electrons. The predicted molar refractivity (Wildman–Crippen MR) is 55.7 cm³/mol. The predicted octanol–water partition coefficient (Wildman–Crippen LogP) is 3.11. The van der Waals surface area contributed by atoms with Gasteiger partial charge in [0, 0.05) is 17.9 Å². The molecule has 86 valence electrons. The van der Waals surface area contributed by atoms with Crippen LogP contribution < -0.4 is 0 Å². The van der Waals surface area contributed by atoms with Crippen molar-refractivity contribution >= 4 is 22.9 Å². The Bertz CT molecular complexity index is 293. The van der Waals surface area contributed by atoms with Crippen LogP contribution in [0, 0.1) is 0 Å². The highest BCUT2D eigenvalue weighted by Crippen LogP contribution is 2.28. The molecule has 1 unspecified atom stereocenters. The van der Waals surface area contributed by atoms with E-state index in [1.54, 1.807) is 12.1 Å². The molecule has 0 saturated carbocycles. The van der Waals surface area contributed by atoms with E-state index in [0.717, 1.165) is 4.88 Å². The Hall–Kier alpha value is -0.230. The first-order chi connectivity index (χ1) is 7.09. The quantitative estimate of drug-likeness (QED) is 0.793. The van der Waals surface area contributed by atoms with Gasteiger partial charge in [-0.05, 0) is 12.1 Å². The number of hydrogen-bond acceptors (Lipinski definition) is 3. The van der Waals surface area contributed by atoms with Gasteiger partial charge in [0.05, 0.1) is 10.4 Å². The van der Waals surface area contributed by atoms with Crippen LogP contribution in [0.3, 0.4) is 0 Å². The van der Waals surface area contributed by atoms with Gasteiger partial charge in [-0.25, -0.2) is 8.78 Å². The number of rotatable bonds is 6. The minimum Gasteiger partial charge on any atom is -0.387 e. The van der Waals surface area contributed by atoms with Crippen LogP contribution in [0.1, 0.15) is 17.4 Å². The van der Waals surface area contributed by atoms with E-state index in [0.29, 0.717) is 10.8 Å². The lowest BCUT2D eigenvalue weighted by atomic mass is 10.2. The standard InChI is InChI=1S/C9H11ClF2O2S/c10-8-2-1-7(15-8)6(13)3-4-14-5-9(11)12/h1-2,6,9,13H,3-5H2. The molecule has 0 amide bonds. The third-order valence-corrected chi connectivity index (χ3v) is 3.03. The van der Waals surface area contributed by atoms with Crippen molar-refractivity contribution in [3.63, 3.8) is 0 Å². The van der Waals surface area contributed by atoms with Crippen LogP contribution in [0.15, 0.2) is 12.1 Å². The number of alkyl halides is 2. The number of thiophene rings is 1. The van der Waals surface area contributed by atoms with Crippen molar-refractivity contribution in [1.29, 1.82) is 0 Å². The molecule has 0 spiro atoms. The first-order valence-corrected chi connectivity index (χ1v) is 5.58. The van der Waals surface area contributed by atoms with Gasteiger partial charge >= 0.3 is 0 Å². The molecular formula is C9H11ClF2O2S. The van der Waals surface area contributed by atoms with Gasteiger partial charge in [-0.1, -0.05) is 11.6 Å². The molecule has 1 aromatic heterocycles. The Morgan fingerprint density at radius 1 is 1.47 bits per heavy atom.